The fraction of sp³-hybridized carbons (Fsp3) is 0.571. The minimum Gasteiger partial charge on any atom is -0.496 e. The quantitative estimate of drug-likeness (QED) is 0.703. The number of ether oxygens (including phenoxy) is 1. The Hall–Kier alpha value is -0.690. The zero-order chi connectivity index (χ0) is 11.5. The summed E-state index contributed by atoms with van der Waals surface area (Å²) in [4.78, 5) is 0. The molecule has 0 aromatic heterocycles. The highest BCUT2D eigenvalue weighted by molar-refractivity contribution is 6.21. The molecule has 1 aliphatic carbocycles. The van der Waals surface area contributed by atoms with Gasteiger partial charge in [-0.2, -0.15) is 0 Å². The number of aryl methyl sites for hydroxylation is 1. The molecule has 1 fully saturated rings. The van der Waals surface area contributed by atoms with E-state index in [1.807, 2.05) is 6.07 Å². The van der Waals surface area contributed by atoms with Gasteiger partial charge in [0.15, 0.2) is 0 Å². The number of methoxy groups -OCH3 is 1. The molecule has 88 valence electrons. The van der Waals surface area contributed by atoms with E-state index in [-0.39, 0.29) is 5.38 Å². The predicted molar refractivity (Wildman–Crippen MR) is 68.3 cm³/mol. The maximum absolute atomic E-state index is 6.49. The van der Waals surface area contributed by atoms with Crippen molar-refractivity contribution in [1.82, 2.24) is 0 Å². The van der Waals surface area contributed by atoms with Gasteiger partial charge in [-0.3, -0.25) is 0 Å². The van der Waals surface area contributed by atoms with Gasteiger partial charge in [-0.15, -0.1) is 11.6 Å². The third-order valence-corrected chi connectivity index (χ3v) is 3.90. The van der Waals surface area contributed by atoms with Crippen LogP contribution in [0, 0.1) is 12.8 Å². The molecule has 0 aliphatic heterocycles. The van der Waals surface area contributed by atoms with Gasteiger partial charge in [-0.1, -0.05) is 37.0 Å². The monoisotopic (exact) mass is 238 g/mol. The third-order valence-electron chi connectivity index (χ3n) is 3.49. The van der Waals surface area contributed by atoms with Crippen molar-refractivity contribution in [2.24, 2.45) is 5.92 Å². The van der Waals surface area contributed by atoms with Gasteiger partial charge in [0, 0.05) is 5.56 Å². The Morgan fingerprint density at radius 3 is 2.75 bits per heavy atom. The molecule has 1 saturated carbocycles. The summed E-state index contributed by atoms with van der Waals surface area (Å²) >= 11 is 6.49. The Morgan fingerprint density at radius 2 is 2.19 bits per heavy atom. The summed E-state index contributed by atoms with van der Waals surface area (Å²) in [5, 5.41) is 0.0974. The molecular formula is C14H19ClO. The van der Waals surface area contributed by atoms with E-state index in [1.54, 1.807) is 7.11 Å². The molecule has 0 bridgehead atoms. The van der Waals surface area contributed by atoms with Gasteiger partial charge in [0.05, 0.1) is 12.5 Å². The van der Waals surface area contributed by atoms with Crippen LogP contribution >= 0.6 is 11.6 Å². The van der Waals surface area contributed by atoms with Crippen LogP contribution in [-0.2, 0) is 0 Å². The third kappa shape index (κ3) is 2.52. The zero-order valence-electron chi connectivity index (χ0n) is 10.0. The van der Waals surface area contributed by atoms with Crippen molar-refractivity contribution in [3.05, 3.63) is 29.3 Å². The fourth-order valence-corrected chi connectivity index (χ4v) is 2.67. The smallest absolute Gasteiger partial charge is 0.123 e. The molecule has 1 atom stereocenters. The van der Waals surface area contributed by atoms with Gasteiger partial charge in [-0.05, 0) is 25.3 Å². The molecule has 0 heterocycles. The normalized spacial score (nSPS) is 17.9. The second-order valence-electron chi connectivity index (χ2n) is 4.75. The van der Waals surface area contributed by atoms with Crippen molar-refractivity contribution >= 4 is 11.6 Å². The lowest BCUT2D eigenvalue weighted by atomic mass is 9.81. The lowest BCUT2D eigenvalue weighted by Crippen LogP contribution is -2.13. The molecule has 1 aromatic rings. The van der Waals surface area contributed by atoms with Crippen LogP contribution in [-0.4, -0.2) is 7.11 Å². The number of alkyl halides is 1. The summed E-state index contributed by atoms with van der Waals surface area (Å²) in [5.74, 6) is 1.75. The first-order valence-electron chi connectivity index (χ1n) is 5.99. The van der Waals surface area contributed by atoms with E-state index < -0.39 is 0 Å². The lowest BCUT2D eigenvalue weighted by Gasteiger charge is -2.28. The molecule has 0 spiro atoms. The number of rotatable bonds is 4. The van der Waals surface area contributed by atoms with Crippen LogP contribution in [0.15, 0.2) is 18.2 Å². The van der Waals surface area contributed by atoms with E-state index in [4.69, 9.17) is 16.3 Å². The largest absolute Gasteiger partial charge is 0.496 e. The Bertz CT molecular complexity index is 358. The topological polar surface area (TPSA) is 9.23 Å². The van der Waals surface area contributed by atoms with Crippen molar-refractivity contribution in [2.45, 2.75) is 38.0 Å². The molecule has 16 heavy (non-hydrogen) atoms. The zero-order valence-corrected chi connectivity index (χ0v) is 10.8. The van der Waals surface area contributed by atoms with E-state index in [9.17, 15) is 0 Å². The van der Waals surface area contributed by atoms with Crippen LogP contribution in [0.4, 0.5) is 0 Å². The molecular weight excluding hydrogens is 220 g/mol. The second kappa shape index (κ2) is 5.09. The summed E-state index contributed by atoms with van der Waals surface area (Å²) in [5.41, 5.74) is 2.39. The average molecular weight is 239 g/mol. The van der Waals surface area contributed by atoms with Crippen LogP contribution in [0.5, 0.6) is 5.75 Å². The number of benzene rings is 1. The molecule has 1 nitrogen and oxygen atoms in total. The Morgan fingerprint density at radius 1 is 1.44 bits per heavy atom. The van der Waals surface area contributed by atoms with Crippen molar-refractivity contribution < 1.29 is 4.74 Å². The molecule has 0 amide bonds. The van der Waals surface area contributed by atoms with E-state index >= 15 is 0 Å². The molecule has 1 aliphatic rings. The van der Waals surface area contributed by atoms with Crippen LogP contribution in [0.1, 0.15) is 42.2 Å². The van der Waals surface area contributed by atoms with Gasteiger partial charge in [-0.25, -0.2) is 0 Å². The minimum absolute atomic E-state index is 0.0974. The Balaban J connectivity index is 2.13. The maximum Gasteiger partial charge on any atom is 0.123 e. The Kier molecular flexibility index (Phi) is 3.75. The van der Waals surface area contributed by atoms with E-state index in [0.717, 1.165) is 23.7 Å². The SMILES string of the molecule is COc1ccc(C)cc1C(Cl)CC1CCC1. The molecule has 2 heteroatoms. The summed E-state index contributed by atoms with van der Waals surface area (Å²) in [6, 6.07) is 6.23. The van der Waals surface area contributed by atoms with Crippen molar-refractivity contribution in [3.63, 3.8) is 0 Å². The fourth-order valence-electron chi connectivity index (χ4n) is 2.25. The molecule has 1 aromatic carbocycles. The molecule has 1 unspecified atom stereocenters. The van der Waals surface area contributed by atoms with Gasteiger partial charge in [0.2, 0.25) is 0 Å². The highest BCUT2D eigenvalue weighted by atomic mass is 35.5. The van der Waals surface area contributed by atoms with Gasteiger partial charge in [0.25, 0.3) is 0 Å². The lowest BCUT2D eigenvalue weighted by molar-refractivity contribution is 0.291. The van der Waals surface area contributed by atoms with E-state index in [2.05, 4.69) is 19.1 Å². The minimum atomic E-state index is 0.0974. The van der Waals surface area contributed by atoms with Gasteiger partial charge >= 0.3 is 0 Å². The van der Waals surface area contributed by atoms with Crippen LogP contribution in [0.25, 0.3) is 0 Å². The molecule has 2 rings (SSSR count). The molecule has 0 N–H and O–H groups in total. The summed E-state index contributed by atoms with van der Waals surface area (Å²) in [6.45, 7) is 2.09. The highest BCUT2D eigenvalue weighted by Crippen LogP contribution is 2.40. The summed E-state index contributed by atoms with van der Waals surface area (Å²) in [6.07, 6.45) is 5.15. The predicted octanol–water partition coefficient (Wildman–Crippen LogP) is 4.47. The van der Waals surface area contributed by atoms with Crippen LogP contribution in [0.2, 0.25) is 0 Å². The van der Waals surface area contributed by atoms with Gasteiger partial charge < -0.3 is 4.74 Å². The molecule has 0 saturated heterocycles. The van der Waals surface area contributed by atoms with Crippen LogP contribution < -0.4 is 4.74 Å². The van der Waals surface area contributed by atoms with Crippen molar-refractivity contribution in [2.75, 3.05) is 7.11 Å². The van der Waals surface area contributed by atoms with Crippen LogP contribution in [0.3, 0.4) is 0 Å². The summed E-state index contributed by atoms with van der Waals surface area (Å²) in [7, 11) is 1.71. The number of hydrogen-bond acceptors (Lipinski definition) is 1. The van der Waals surface area contributed by atoms with Crippen molar-refractivity contribution in [3.8, 4) is 5.75 Å². The second-order valence-corrected chi connectivity index (χ2v) is 5.27. The highest BCUT2D eigenvalue weighted by Gasteiger charge is 2.23. The number of halogens is 1. The average Bonchev–Trinajstić information content (AvgIpc) is 2.23. The first kappa shape index (κ1) is 11.8. The first-order valence-corrected chi connectivity index (χ1v) is 6.43. The number of hydrogen-bond donors (Lipinski definition) is 0. The van der Waals surface area contributed by atoms with E-state index in [0.29, 0.717) is 0 Å². The van der Waals surface area contributed by atoms with Crippen molar-refractivity contribution in [1.29, 1.82) is 0 Å². The van der Waals surface area contributed by atoms with Gasteiger partial charge in [0.1, 0.15) is 5.75 Å². The maximum atomic E-state index is 6.49. The Labute approximate surface area is 103 Å². The summed E-state index contributed by atoms with van der Waals surface area (Å²) < 4.78 is 5.37. The standard InChI is InChI=1S/C14H19ClO/c1-10-6-7-14(16-2)12(8-10)13(15)9-11-4-3-5-11/h6-8,11,13H,3-5,9H2,1-2H3. The first-order chi connectivity index (χ1) is 7.70. The van der Waals surface area contributed by atoms with E-state index in [1.165, 1.54) is 24.8 Å². The molecule has 0 radical (unpaired) electrons.